The number of nitrogens with two attached hydrogens (primary N) is 1. The van der Waals surface area contributed by atoms with Crippen LogP contribution in [0.25, 0.3) is 0 Å². The van der Waals surface area contributed by atoms with Crippen LogP contribution in [-0.4, -0.2) is 22.3 Å². The number of carbonyl (C=O) groups excluding carboxylic acids is 1. The average molecular weight is 290 g/mol. The first kappa shape index (κ1) is 14.3. The highest BCUT2D eigenvalue weighted by Crippen LogP contribution is 2.15. The predicted octanol–water partition coefficient (Wildman–Crippen LogP) is 2.98. The van der Waals surface area contributed by atoms with E-state index in [0.717, 1.165) is 5.56 Å². The minimum absolute atomic E-state index is 0.104. The van der Waals surface area contributed by atoms with Crippen LogP contribution in [0.4, 0.5) is 5.82 Å². The van der Waals surface area contributed by atoms with Crippen molar-refractivity contribution < 1.29 is 4.79 Å². The summed E-state index contributed by atoms with van der Waals surface area (Å²) in [5, 5.41) is 0.226. The Morgan fingerprint density at radius 1 is 1.30 bits per heavy atom. The molecule has 0 spiro atoms. The molecule has 5 heteroatoms. The van der Waals surface area contributed by atoms with Crippen molar-refractivity contribution in [1.29, 1.82) is 0 Å². The van der Waals surface area contributed by atoms with Crippen LogP contribution in [0, 0.1) is 0 Å². The molecule has 2 aromatic rings. The maximum atomic E-state index is 12.5. The highest BCUT2D eigenvalue weighted by Gasteiger charge is 2.15. The zero-order valence-electron chi connectivity index (χ0n) is 11.2. The Morgan fingerprint density at radius 2 is 2.00 bits per heavy atom. The molecule has 1 amide bonds. The molecule has 20 heavy (non-hydrogen) atoms. The zero-order chi connectivity index (χ0) is 14.5. The number of hydrogen-bond donors (Lipinski definition) is 1. The molecule has 0 aliphatic carbocycles. The first-order chi connectivity index (χ1) is 9.60. The first-order valence-corrected chi connectivity index (χ1v) is 6.74. The Morgan fingerprint density at radius 3 is 2.60 bits per heavy atom. The van der Waals surface area contributed by atoms with Crippen molar-refractivity contribution >= 4 is 23.3 Å². The van der Waals surface area contributed by atoms with Crippen molar-refractivity contribution in [3.8, 4) is 0 Å². The smallest absolute Gasteiger partial charge is 0.254 e. The van der Waals surface area contributed by atoms with Gasteiger partial charge < -0.3 is 10.6 Å². The molecule has 0 radical (unpaired) electrons. The number of amides is 1. The summed E-state index contributed by atoms with van der Waals surface area (Å²) < 4.78 is 0. The second-order valence-corrected chi connectivity index (χ2v) is 4.80. The molecule has 0 unspecified atom stereocenters. The van der Waals surface area contributed by atoms with Gasteiger partial charge >= 0.3 is 0 Å². The molecule has 0 aliphatic heterocycles. The Bertz CT molecular complexity index is 581. The van der Waals surface area contributed by atoms with Gasteiger partial charge in [-0.2, -0.15) is 0 Å². The fourth-order valence-electron chi connectivity index (χ4n) is 1.95. The van der Waals surface area contributed by atoms with Gasteiger partial charge in [0.05, 0.1) is 0 Å². The van der Waals surface area contributed by atoms with Gasteiger partial charge in [-0.3, -0.25) is 4.79 Å². The standard InChI is InChI=1S/C15H16ClN3O/c1-2-19(10-11-6-4-3-5-7-11)15(20)12-8-13(16)18-14(17)9-12/h3-9H,2,10H2,1H3,(H2,17,18). The number of pyridine rings is 1. The second-order valence-electron chi connectivity index (χ2n) is 4.41. The van der Waals surface area contributed by atoms with Crippen LogP contribution in [0.5, 0.6) is 0 Å². The molecule has 0 saturated heterocycles. The average Bonchev–Trinajstić information content (AvgIpc) is 2.44. The summed E-state index contributed by atoms with van der Waals surface area (Å²) in [5.41, 5.74) is 7.16. The summed E-state index contributed by atoms with van der Waals surface area (Å²) in [6, 6.07) is 12.9. The lowest BCUT2D eigenvalue weighted by Gasteiger charge is -2.21. The van der Waals surface area contributed by atoms with Gasteiger partial charge in [0.25, 0.3) is 5.91 Å². The van der Waals surface area contributed by atoms with E-state index in [9.17, 15) is 4.79 Å². The summed E-state index contributed by atoms with van der Waals surface area (Å²) >= 11 is 5.84. The highest BCUT2D eigenvalue weighted by atomic mass is 35.5. The third kappa shape index (κ3) is 3.48. The second kappa shape index (κ2) is 6.39. The number of hydrogen-bond acceptors (Lipinski definition) is 3. The van der Waals surface area contributed by atoms with E-state index in [-0.39, 0.29) is 16.9 Å². The van der Waals surface area contributed by atoms with Gasteiger partial charge in [0.1, 0.15) is 11.0 Å². The summed E-state index contributed by atoms with van der Waals surface area (Å²) in [5.74, 6) is 0.143. The van der Waals surface area contributed by atoms with Crippen LogP contribution in [0.15, 0.2) is 42.5 Å². The number of benzene rings is 1. The van der Waals surface area contributed by atoms with E-state index in [1.54, 1.807) is 11.0 Å². The lowest BCUT2D eigenvalue weighted by atomic mass is 10.2. The van der Waals surface area contributed by atoms with E-state index >= 15 is 0 Å². The molecule has 104 valence electrons. The predicted molar refractivity (Wildman–Crippen MR) is 80.5 cm³/mol. The number of rotatable bonds is 4. The van der Waals surface area contributed by atoms with Gasteiger partial charge in [0.15, 0.2) is 0 Å². The maximum Gasteiger partial charge on any atom is 0.254 e. The monoisotopic (exact) mass is 289 g/mol. The molecule has 2 rings (SSSR count). The molecule has 0 aliphatic rings. The molecule has 0 fully saturated rings. The van der Waals surface area contributed by atoms with Gasteiger partial charge in [0.2, 0.25) is 0 Å². The molecule has 0 saturated carbocycles. The SMILES string of the molecule is CCN(Cc1ccccc1)C(=O)c1cc(N)nc(Cl)c1. The molecule has 0 atom stereocenters. The van der Waals surface area contributed by atoms with Crippen LogP contribution in [0.2, 0.25) is 5.15 Å². The summed E-state index contributed by atoms with van der Waals surface area (Å²) in [4.78, 5) is 18.1. The molecule has 1 aromatic carbocycles. The molecule has 2 N–H and O–H groups in total. The highest BCUT2D eigenvalue weighted by molar-refractivity contribution is 6.29. The molecule has 1 aromatic heterocycles. The summed E-state index contributed by atoms with van der Waals surface area (Å²) in [6.07, 6.45) is 0. The third-order valence-corrected chi connectivity index (χ3v) is 3.14. The minimum atomic E-state index is -0.104. The minimum Gasteiger partial charge on any atom is -0.384 e. The van der Waals surface area contributed by atoms with E-state index in [0.29, 0.717) is 18.7 Å². The van der Waals surface area contributed by atoms with Crippen LogP contribution in [-0.2, 0) is 6.54 Å². The Hall–Kier alpha value is -2.07. The van der Waals surface area contributed by atoms with Gasteiger partial charge in [0, 0.05) is 18.7 Å². The van der Waals surface area contributed by atoms with Crippen LogP contribution in [0.1, 0.15) is 22.8 Å². The normalized spacial score (nSPS) is 10.3. The molecule has 0 bridgehead atoms. The van der Waals surface area contributed by atoms with Gasteiger partial charge in [-0.25, -0.2) is 4.98 Å². The summed E-state index contributed by atoms with van der Waals surface area (Å²) in [7, 11) is 0. The zero-order valence-corrected chi connectivity index (χ0v) is 12.0. The topological polar surface area (TPSA) is 59.2 Å². The number of anilines is 1. The van der Waals surface area contributed by atoms with Crippen molar-refractivity contribution in [3.63, 3.8) is 0 Å². The molecule has 1 heterocycles. The van der Waals surface area contributed by atoms with E-state index in [1.165, 1.54) is 6.07 Å². The molecule has 4 nitrogen and oxygen atoms in total. The molecular formula is C15H16ClN3O. The van der Waals surface area contributed by atoms with Crippen molar-refractivity contribution in [2.75, 3.05) is 12.3 Å². The third-order valence-electron chi connectivity index (χ3n) is 2.95. The number of nitrogens with zero attached hydrogens (tertiary/aromatic N) is 2. The van der Waals surface area contributed by atoms with Gasteiger partial charge in [-0.15, -0.1) is 0 Å². The first-order valence-electron chi connectivity index (χ1n) is 6.36. The largest absolute Gasteiger partial charge is 0.384 e. The van der Waals surface area contributed by atoms with E-state index < -0.39 is 0 Å². The van der Waals surface area contributed by atoms with Gasteiger partial charge in [-0.1, -0.05) is 41.9 Å². The van der Waals surface area contributed by atoms with Crippen LogP contribution in [0.3, 0.4) is 0 Å². The number of carbonyl (C=O) groups is 1. The van der Waals surface area contributed by atoms with Crippen molar-refractivity contribution in [3.05, 3.63) is 58.7 Å². The molecular weight excluding hydrogens is 274 g/mol. The summed E-state index contributed by atoms with van der Waals surface area (Å²) in [6.45, 7) is 3.09. The fourth-order valence-corrected chi connectivity index (χ4v) is 2.17. The Kier molecular flexibility index (Phi) is 4.58. The maximum absolute atomic E-state index is 12.5. The number of nitrogen functional groups attached to an aromatic ring is 1. The fraction of sp³-hybridized carbons (Fsp3) is 0.200. The van der Waals surface area contributed by atoms with Crippen molar-refractivity contribution in [2.24, 2.45) is 0 Å². The van der Waals surface area contributed by atoms with Crippen LogP contribution >= 0.6 is 11.6 Å². The van der Waals surface area contributed by atoms with Gasteiger partial charge in [-0.05, 0) is 24.6 Å². The van der Waals surface area contributed by atoms with E-state index in [2.05, 4.69) is 4.98 Å². The van der Waals surface area contributed by atoms with Crippen LogP contribution < -0.4 is 5.73 Å². The number of halogens is 1. The van der Waals surface area contributed by atoms with E-state index in [1.807, 2.05) is 37.3 Å². The lowest BCUT2D eigenvalue weighted by Crippen LogP contribution is -2.30. The van der Waals surface area contributed by atoms with E-state index in [4.69, 9.17) is 17.3 Å². The van der Waals surface area contributed by atoms with Crippen molar-refractivity contribution in [1.82, 2.24) is 9.88 Å². The lowest BCUT2D eigenvalue weighted by molar-refractivity contribution is 0.0752. The van der Waals surface area contributed by atoms with Crippen molar-refractivity contribution in [2.45, 2.75) is 13.5 Å². The Labute approximate surface area is 123 Å². The Balaban J connectivity index is 2.20. The quantitative estimate of drug-likeness (QED) is 0.880. The number of aromatic nitrogens is 1.